The number of urea groups is 1. The van der Waals surface area contributed by atoms with Crippen molar-refractivity contribution in [2.45, 2.75) is 26.4 Å². The van der Waals surface area contributed by atoms with Crippen LogP contribution in [0.25, 0.3) is 0 Å². The van der Waals surface area contributed by atoms with Crippen LogP contribution in [0.15, 0.2) is 48.5 Å². The zero-order chi connectivity index (χ0) is 15.8. The molecule has 4 nitrogen and oxygen atoms in total. The van der Waals surface area contributed by atoms with Crippen molar-refractivity contribution >= 4 is 6.03 Å². The van der Waals surface area contributed by atoms with E-state index in [1.54, 1.807) is 7.11 Å². The van der Waals surface area contributed by atoms with E-state index >= 15 is 0 Å². The van der Waals surface area contributed by atoms with Crippen molar-refractivity contribution in [3.8, 4) is 5.75 Å². The van der Waals surface area contributed by atoms with Crippen molar-refractivity contribution in [1.82, 2.24) is 10.6 Å². The van der Waals surface area contributed by atoms with Crippen LogP contribution in [0, 0.1) is 0 Å². The summed E-state index contributed by atoms with van der Waals surface area (Å²) in [6.07, 6.45) is 0.900. The molecule has 0 spiro atoms. The van der Waals surface area contributed by atoms with Crippen LogP contribution in [-0.4, -0.2) is 13.1 Å². The SMILES string of the molecule is CCc1cc(CNC(=O)NCc2ccccc2)ccc1OC. The summed E-state index contributed by atoms with van der Waals surface area (Å²) < 4.78 is 5.30. The molecule has 2 aromatic carbocycles. The van der Waals surface area contributed by atoms with Crippen LogP contribution in [-0.2, 0) is 19.5 Å². The van der Waals surface area contributed by atoms with Gasteiger partial charge in [0.25, 0.3) is 0 Å². The molecule has 2 aromatic rings. The highest BCUT2D eigenvalue weighted by molar-refractivity contribution is 5.73. The van der Waals surface area contributed by atoms with Gasteiger partial charge in [0.15, 0.2) is 0 Å². The van der Waals surface area contributed by atoms with Gasteiger partial charge in [-0.15, -0.1) is 0 Å². The van der Waals surface area contributed by atoms with E-state index in [0.29, 0.717) is 13.1 Å². The number of benzene rings is 2. The number of hydrogen-bond donors (Lipinski definition) is 2. The standard InChI is InChI=1S/C18H22N2O2/c1-3-16-11-15(9-10-17(16)22-2)13-20-18(21)19-12-14-7-5-4-6-8-14/h4-11H,3,12-13H2,1-2H3,(H2,19,20,21). The molecule has 2 rings (SSSR count). The molecule has 0 bridgehead atoms. The van der Waals surface area contributed by atoms with Gasteiger partial charge >= 0.3 is 6.03 Å². The first-order valence-electron chi connectivity index (χ1n) is 7.44. The molecule has 0 aliphatic carbocycles. The number of hydrogen-bond acceptors (Lipinski definition) is 2. The Morgan fingerprint density at radius 2 is 1.68 bits per heavy atom. The minimum absolute atomic E-state index is 0.169. The first-order valence-corrected chi connectivity index (χ1v) is 7.44. The fraction of sp³-hybridized carbons (Fsp3) is 0.278. The Hall–Kier alpha value is -2.49. The summed E-state index contributed by atoms with van der Waals surface area (Å²) >= 11 is 0. The van der Waals surface area contributed by atoms with Crippen molar-refractivity contribution in [1.29, 1.82) is 0 Å². The highest BCUT2D eigenvalue weighted by atomic mass is 16.5. The van der Waals surface area contributed by atoms with Crippen molar-refractivity contribution in [3.05, 3.63) is 65.2 Å². The molecular formula is C18H22N2O2. The zero-order valence-electron chi connectivity index (χ0n) is 13.1. The van der Waals surface area contributed by atoms with Crippen LogP contribution >= 0.6 is 0 Å². The summed E-state index contributed by atoms with van der Waals surface area (Å²) in [4.78, 5) is 11.8. The van der Waals surface area contributed by atoms with E-state index in [0.717, 1.165) is 28.9 Å². The molecule has 0 aliphatic heterocycles. The van der Waals surface area contributed by atoms with Gasteiger partial charge in [0.05, 0.1) is 7.11 Å². The number of nitrogens with one attached hydrogen (secondary N) is 2. The van der Waals surface area contributed by atoms with E-state index in [1.807, 2.05) is 42.5 Å². The molecule has 0 saturated carbocycles. The maximum Gasteiger partial charge on any atom is 0.315 e. The highest BCUT2D eigenvalue weighted by Crippen LogP contribution is 2.20. The molecule has 0 aliphatic rings. The highest BCUT2D eigenvalue weighted by Gasteiger charge is 2.04. The zero-order valence-corrected chi connectivity index (χ0v) is 13.1. The number of ether oxygens (including phenoxy) is 1. The van der Waals surface area contributed by atoms with E-state index in [2.05, 4.69) is 23.6 Å². The summed E-state index contributed by atoms with van der Waals surface area (Å²) in [6.45, 7) is 3.11. The van der Waals surface area contributed by atoms with E-state index in [-0.39, 0.29) is 6.03 Å². The van der Waals surface area contributed by atoms with Crippen LogP contribution in [0.2, 0.25) is 0 Å². The minimum atomic E-state index is -0.169. The predicted octanol–water partition coefficient (Wildman–Crippen LogP) is 3.26. The molecular weight excluding hydrogens is 276 g/mol. The van der Waals surface area contributed by atoms with Crippen LogP contribution in [0.4, 0.5) is 4.79 Å². The summed E-state index contributed by atoms with van der Waals surface area (Å²) in [5.74, 6) is 0.889. The summed E-state index contributed by atoms with van der Waals surface area (Å²) in [6, 6.07) is 15.6. The van der Waals surface area contributed by atoms with Crippen LogP contribution < -0.4 is 15.4 Å². The molecule has 0 fully saturated rings. The molecule has 0 aromatic heterocycles. The van der Waals surface area contributed by atoms with Crippen molar-refractivity contribution in [2.24, 2.45) is 0 Å². The third-order valence-electron chi connectivity index (χ3n) is 3.47. The molecule has 0 unspecified atom stereocenters. The van der Waals surface area contributed by atoms with Crippen molar-refractivity contribution in [2.75, 3.05) is 7.11 Å². The Morgan fingerprint density at radius 1 is 1.00 bits per heavy atom. The van der Waals surface area contributed by atoms with Gasteiger partial charge in [-0.25, -0.2) is 4.79 Å². The molecule has 116 valence electrons. The smallest absolute Gasteiger partial charge is 0.315 e. The molecule has 4 heteroatoms. The van der Waals surface area contributed by atoms with Gasteiger partial charge in [-0.05, 0) is 29.2 Å². The number of aryl methyl sites for hydroxylation is 1. The summed E-state index contributed by atoms with van der Waals surface area (Å²) in [7, 11) is 1.67. The third-order valence-corrected chi connectivity index (χ3v) is 3.47. The van der Waals surface area contributed by atoms with Crippen molar-refractivity contribution < 1.29 is 9.53 Å². The maximum absolute atomic E-state index is 11.8. The van der Waals surface area contributed by atoms with E-state index in [4.69, 9.17) is 4.74 Å². The average molecular weight is 298 g/mol. The molecule has 0 saturated heterocycles. The maximum atomic E-state index is 11.8. The van der Waals surface area contributed by atoms with Gasteiger partial charge in [-0.2, -0.15) is 0 Å². The van der Waals surface area contributed by atoms with Crippen LogP contribution in [0.5, 0.6) is 5.75 Å². The normalized spacial score (nSPS) is 10.1. The lowest BCUT2D eigenvalue weighted by atomic mass is 10.1. The monoisotopic (exact) mass is 298 g/mol. The fourth-order valence-electron chi connectivity index (χ4n) is 2.24. The first kappa shape index (κ1) is 15.9. The Morgan fingerprint density at radius 3 is 2.32 bits per heavy atom. The second-order valence-electron chi connectivity index (χ2n) is 5.02. The summed E-state index contributed by atoms with van der Waals surface area (Å²) in [5.41, 5.74) is 3.29. The van der Waals surface area contributed by atoms with E-state index < -0.39 is 0 Å². The number of carbonyl (C=O) groups excluding carboxylic acids is 1. The van der Waals surface area contributed by atoms with Gasteiger partial charge in [0, 0.05) is 13.1 Å². The summed E-state index contributed by atoms with van der Waals surface area (Å²) in [5, 5.41) is 5.71. The number of methoxy groups -OCH3 is 1. The Balaban J connectivity index is 1.83. The number of carbonyl (C=O) groups is 1. The van der Waals surface area contributed by atoms with Crippen LogP contribution in [0.1, 0.15) is 23.6 Å². The lowest BCUT2D eigenvalue weighted by Crippen LogP contribution is -2.34. The topological polar surface area (TPSA) is 50.4 Å². The van der Waals surface area contributed by atoms with Crippen LogP contribution in [0.3, 0.4) is 0 Å². The van der Waals surface area contributed by atoms with Gasteiger partial charge in [0.2, 0.25) is 0 Å². The lowest BCUT2D eigenvalue weighted by molar-refractivity contribution is 0.240. The Bertz CT molecular complexity index is 612. The quantitative estimate of drug-likeness (QED) is 0.860. The van der Waals surface area contributed by atoms with Gasteiger partial charge < -0.3 is 15.4 Å². The first-order chi connectivity index (χ1) is 10.7. The van der Waals surface area contributed by atoms with Crippen molar-refractivity contribution in [3.63, 3.8) is 0 Å². The Kier molecular flexibility index (Phi) is 5.83. The second-order valence-corrected chi connectivity index (χ2v) is 5.02. The largest absolute Gasteiger partial charge is 0.496 e. The number of amides is 2. The average Bonchev–Trinajstić information content (AvgIpc) is 2.58. The molecule has 0 atom stereocenters. The van der Waals surface area contributed by atoms with Gasteiger partial charge in [-0.1, -0.05) is 49.4 Å². The minimum Gasteiger partial charge on any atom is -0.496 e. The molecule has 2 N–H and O–H groups in total. The molecule has 22 heavy (non-hydrogen) atoms. The van der Waals surface area contributed by atoms with Gasteiger partial charge in [-0.3, -0.25) is 0 Å². The third kappa shape index (κ3) is 4.52. The fourth-order valence-corrected chi connectivity index (χ4v) is 2.24. The molecule has 0 radical (unpaired) electrons. The van der Waals surface area contributed by atoms with Gasteiger partial charge in [0.1, 0.15) is 5.75 Å². The lowest BCUT2D eigenvalue weighted by Gasteiger charge is -2.11. The second kappa shape index (κ2) is 8.08. The predicted molar refractivity (Wildman–Crippen MR) is 87.9 cm³/mol. The van der Waals surface area contributed by atoms with E-state index in [9.17, 15) is 4.79 Å². The molecule has 0 heterocycles. The Labute approximate surface area is 131 Å². The van der Waals surface area contributed by atoms with E-state index in [1.165, 1.54) is 0 Å². The number of rotatable bonds is 6. The molecule has 2 amide bonds.